The smallest absolute Gasteiger partial charge is 0.262 e. The highest BCUT2D eigenvalue weighted by molar-refractivity contribution is 7.14. The van der Waals surface area contributed by atoms with Crippen LogP contribution in [0.2, 0.25) is 0 Å². The summed E-state index contributed by atoms with van der Waals surface area (Å²) in [5.74, 6) is -0.263. The Balaban J connectivity index is 1.37. The first-order chi connectivity index (χ1) is 14.6. The lowest BCUT2D eigenvalue weighted by molar-refractivity contribution is -0.123. The van der Waals surface area contributed by atoms with Crippen LogP contribution in [0, 0.1) is 0 Å². The minimum absolute atomic E-state index is 0.0936. The van der Waals surface area contributed by atoms with Crippen molar-refractivity contribution < 1.29 is 9.59 Å². The number of hydrogen-bond donors (Lipinski definition) is 2. The van der Waals surface area contributed by atoms with E-state index in [1.807, 2.05) is 42.5 Å². The molecular formula is C23H30N4O2S. The van der Waals surface area contributed by atoms with Crippen LogP contribution >= 0.6 is 11.3 Å². The molecule has 1 saturated carbocycles. The van der Waals surface area contributed by atoms with Crippen molar-refractivity contribution in [1.29, 1.82) is 0 Å². The number of benzene rings is 1. The molecule has 6 nitrogen and oxygen atoms in total. The van der Waals surface area contributed by atoms with Crippen LogP contribution in [0.5, 0.6) is 0 Å². The summed E-state index contributed by atoms with van der Waals surface area (Å²) < 4.78 is 0. The third-order valence-electron chi connectivity index (χ3n) is 5.69. The Bertz CT molecular complexity index is 857. The molecule has 2 amide bonds. The minimum atomic E-state index is -0.566. The molecule has 1 atom stereocenters. The van der Waals surface area contributed by atoms with Crippen LogP contribution in [0.1, 0.15) is 33.0 Å². The van der Waals surface area contributed by atoms with Gasteiger partial charge < -0.3 is 15.5 Å². The van der Waals surface area contributed by atoms with Gasteiger partial charge in [0, 0.05) is 50.1 Å². The van der Waals surface area contributed by atoms with E-state index in [9.17, 15) is 9.59 Å². The van der Waals surface area contributed by atoms with E-state index < -0.39 is 6.04 Å². The van der Waals surface area contributed by atoms with E-state index in [1.165, 1.54) is 16.2 Å². The van der Waals surface area contributed by atoms with Crippen molar-refractivity contribution in [2.45, 2.75) is 37.9 Å². The molecule has 2 N–H and O–H groups in total. The molecule has 2 fully saturated rings. The van der Waals surface area contributed by atoms with Gasteiger partial charge in [-0.25, -0.2) is 0 Å². The van der Waals surface area contributed by atoms with Crippen molar-refractivity contribution in [1.82, 2.24) is 20.4 Å². The fourth-order valence-corrected chi connectivity index (χ4v) is 4.58. The number of carbonyl (C=O) groups is 2. The van der Waals surface area contributed by atoms with Gasteiger partial charge in [0.05, 0.1) is 4.88 Å². The third-order valence-corrected chi connectivity index (χ3v) is 6.76. The minimum Gasteiger partial charge on any atom is -0.352 e. The monoisotopic (exact) mass is 426 g/mol. The maximum atomic E-state index is 12.9. The van der Waals surface area contributed by atoms with E-state index in [2.05, 4.69) is 27.5 Å². The largest absolute Gasteiger partial charge is 0.352 e. The second-order valence-electron chi connectivity index (χ2n) is 8.34. The van der Waals surface area contributed by atoms with Crippen molar-refractivity contribution >= 4 is 23.2 Å². The first-order valence-corrected chi connectivity index (χ1v) is 11.5. The number of amides is 2. The summed E-state index contributed by atoms with van der Waals surface area (Å²) in [4.78, 5) is 32.2. The number of piperazine rings is 1. The Hall–Kier alpha value is -2.22. The molecule has 1 aliphatic heterocycles. The molecule has 1 aromatic carbocycles. The summed E-state index contributed by atoms with van der Waals surface area (Å²) in [5.41, 5.74) is 1.04. The van der Waals surface area contributed by atoms with Gasteiger partial charge in [0.2, 0.25) is 5.91 Å². The first kappa shape index (κ1) is 21.0. The first-order valence-electron chi connectivity index (χ1n) is 10.7. The number of hydrogen-bond acceptors (Lipinski definition) is 5. The Labute approximate surface area is 182 Å². The van der Waals surface area contributed by atoms with Crippen LogP contribution < -0.4 is 10.6 Å². The topological polar surface area (TPSA) is 64.7 Å². The van der Waals surface area contributed by atoms with E-state index in [1.54, 1.807) is 0 Å². The Kier molecular flexibility index (Phi) is 6.82. The fourth-order valence-electron chi connectivity index (χ4n) is 3.63. The predicted molar refractivity (Wildman–Crippen MR) is 120 cm³/mol. The standard InChI is InChI=1S/C23H30N4O2S/c1-26-11-13-27(14-12-26)16-19-9-10-21(30-19)23(29)25-20(22(28)24-18-7-8-18)15-17-5-3-2-4-6-17/h2-6,9-10,18,20H,7-8,11-16H2,1H3,(H,24,28)(H,25,29). The molecular weight excluding hydrogens is 396 g/mol. The number of thiophene rings is 1. The van der Waals surface area contributed by atoms with Gasteiger partial charge in [0.25, 0.3) is 5.91 Å². The van der Waals surface area contributed by atoms with Crippen molar-refractivity contribution in [2.75, 3.05) is 33.2 Å². The van der Waals surface area contributed by atoms with Crippen LogP contribution in [0.3, 0.4) is 0 Å². The van der Waals surface area contributed by atoms with Gasteiger partial charge in [-0.2, -0.15) is 0 Å². The molecule has 0 bridgehead atoms. The highest BCUT2D eigenvalue weighted by atomic mass is 32.1. The zero-order chi connectivity index (χ0) is 20.9. The van der Waals surface area contributed by atoms with E-state index in [-0.39, 0.29) is 17.9 Å². The summed E-state index contributed by atoms with van der Waals surface area (Å²) in [5, 5.41) is 6.01. The molecule has 30 heavy (non-hydrogen) atoms. The number of nitrogens with zero attached hydrogens (tertiary/aromatic N) is 2. The quantitative estimate of drug-likeness (QED) is 0.679. The van der Waals surface area contributed by atoms with Gasteiger partial charge in [-0.05, 0) is 37.6 Å². The number of rotatable bonds is 8. The van der Waals surface area contributed by atoms with Gasteiger partial charge in [-0.1, -0.05) is 30.3 Å². The molecule has 160 valence electrons. The maximum Gasteiger partial charge on any atom is 0.262 e. The van der Waals surface area contributed by atoms with Crippen LogP contribution in [0.25, 0.3) is 0 Å². The zero-order valence-corrected chi connectivity index (χ0v) is 18.3. The number of nitrogens with one attached hydrogen (secondary N) is 2. The van der Waals surface area contributed by atoms with Crippen LogP contribution in [-0.2, 0) is 17.8 Å². The number of likely N-dealkylation sites (N-methyl/N-ethyl adjacent to an activating group) is 1. The van der Waals surface area contributed by atoms with Crippen molar-refractivity contribution in [3.63, 3.8) is 0 Å². The highest BCUT2D eigenvalue weighted by Gasteiger charge is 2.29. The van der Waals surface area contributed by atoms with Crippen molar-refractivity contribution in [3.05, 3.63) is 57.8 Å². The Morgan fingerprint density at radius 1 is 1.07 bits per heavy atom. The lowest BCUT2D eigenvalue weighted by atomic mass is 10.1. The van der Waals surface area contributed by atoms with E-state index >= 15 is 0 Å². The van der Waals surface area contributed by atoms with Gasteiger partial charge in [0.1, 0.15) is 6.04 Å². The second kappa shape index (κ2) is 9.73. The molecule has 2 aromatic rings. The van der Waals surface area contributed by atoms with Crippen molar-refractivity contribution in [2.24, 2.45) is 0 Å². The molecule has 4 rings (SSSR count). The third kappa shape index (κ3) is 5.90. The molecule has 7 heteroatoms. The van der Waals surface area contributed by atoms with Crippen LogP contribution in [0.15, 0.2) is 42.5 Å². The molecule has 0 radical (unpaired) electrons. The average Bonchev–Trinajstić information content (AvgIpc) is 3.44. The molecule has 0 spiro atoms. The van der Waals surface area contributed by atoms with Gasteiger partial charge in [0.15, 0.2) is 0 Å². The summed E-state index contributed by atoms with van der Waals surface area (Å²) >= 11 is 1.52. The fraction of sp³-hybridized carbons (Fsp3) is 0.478. The Morgan fingerprint density at radius 3 is 2.50 bits per heavy atom. The SMILES string of the molecule is CN1CCN(Cc2ccc(C(=O)NC(Cc3ccccc3)C(=O)NC3CC3)s2)CC1. The van der Waals surface area contributed by atoms with E-state index in [0.29, 0.717) is 11.3 Å². The molecule has 1 saturated heterocycles. The number of carbonyl (C=O) groups excluding carboxylic acids is 2. The summed E-state index contributed by atoms with van der Waals surface area (Å²) in [7, 11) is 2.15. The lowest BCUT2D eigenvalue weighted by Crippen LogP contribution is -2.48. The van der Waals surface area contributed by atoms with E-state index in [0.717, 1.165) is 51.1 Å². The average molecular weight is 427 g/mol. The summed E-state index contributed by atoms with van der Waals surface area (Å²) in [6.45, 7) is 5.14. The maximum absolute atomic E-state index is 12.9. The predicted octanol–water partition coefficient (Wildman–Crippen LogP) is 2.12. The van der Waals surface area contributed by atoms with Gasteiger partial charge in [-0.15, -0.1) is 11.3 Å². The molecule has 2 heterocycles. The van der Waals surface area contributed by atoms with Crippen LogP contribution in [-0.4, -0.2) is 66.9 Å². The molecule has 1 aromatic heterocycles. The molecule has 1 aliphatic carbocycles. The molecule has 2 aliphatic rings. The van der Waals surface area contributed by atoms with Crippen LogP contribution in [0.4, 0.5) is 0 Å². The van der Waals surface area contributed by atoms with Crippen molar-refractivity contribution in [3.8, 4) is 0 Å². The van der Waals surface area contributed by atoms with Gasteiger partial charge >= 0.3 is 0 Å². The Morgan fingerprint density at radius 2 is 1.80 bits per heavy atom. The summed E-state index contributed by atoms with van der Waals surface area (Å²) in [6, 6.07) is 13.5. The molecule has 1 unspecified atom stereocenters. The second-order valence-corrected chi connectivity index (χ2v) is 9.51. The summed E-state index contributed by atoms with van der Waals surface area (Å²) in [6.07, 6.45) is 2.54. The lowest BCUT2D eigenvalue weighted by Gasteiger charge is -2.31. The van der Waals surface area contributed by atoms with Gasteiger partial charge in [-0.3, -0.25) is 14.5 Å². The normalized spacial score (nSPS) is 18.7. The van der Waals surface area contributed by atoms with E-state index in [4.69, 9.17) is 0 Å². The highest BCUT2D eigenvalue weighted by Crippen LogP contribution is 2.21. The zero-order valence-electron chi connectivity index (χ0n) is 17.5.